The van der Waals surface area contributed by atoms with Crippen LogP contribution in [0.2, 0.25) is 0 Å². The number of rotatable bonds is 14. The summed E-state index contributed by atoms with van der Waals surface area (Å²) in [6.07, 6.45) is 21.8. The molecule has 0 aromatic heterocycles. The zero-order valence-corrected chi connectivity index (χ0v) is 22.1. The van der Waals surface area contributed by atoms with Crippen LogP contribution in [-0.2, 0) is 24.0 Å². The summed E-state index contributed by atoms with van der Waals surface area (Å²) in [7, 11) is 1.81. The molecule has 0 heterocycles. The molecule has 1 aliphatic rings. The third-order valence-corrected chi connectivity index (χ3v) is 7.92. The molecule has 186 valence electrons. The fraction of sp³-hybridized carbons (Fsp3) is 0.576. The monoisotopic (exact) mass is 460 g/mol. The second-order valence-corrected chi connectivity index (χ2v) is 10.4. The van der Waals surface area contributed by atoms with Gasteiger partial charge in [0.2, 0.25) is 0 Å². The van der Waals surface area contributed by atoms with Crippen molar-refractivity contribution in [2.45, 2.75) is 103 Å². The maximum Gasteiger partial charge on any atom is 0.0818 e. The Balaban J connectivity index is 1.27. The van der Waals surface area contributed by atoms with Gasteiger partial charge in [-0.2, -0.15) is 0 Å². The van der Waals surface area contributed by atoms with Gasteiger partial charge < -0.3 is 4.74 Å². The van der Waals surface area contributed by atoms with Gasteiger partial charge in [-0.15, -0.1) is 0 Å². The van der Waals surface area contributed by atoms with E-state index in [0.717, 1.165) is 31.1 Å². The van der Waals surface area contributed by atoms with E-state index in [2.05, 4.69) is 74.5 Å². The maximum absolute atomic E-state index is 5.57. The van der Waals surface area contributed by atoms with Crippen LogP contribution in [0.25, 0.3) is 0 Å². The highest BCUT2D eigenvalue weighted by Crippen LogP contribution is 2.34. The average molecular weight is 461 g/mol. The van der Waals surface area contributed by atoms with Gasteiger partial charge in [0.05, 0.1) is 6.10 Å². The fourth-order valence-corrected chi connectivity index (χ4v) is 5.61. The lowest BCUT2D eigenvalue weighted by atomic mass is 9.77. The summed E-state index contributed by atoms with van der Waals surface area (Å²) in [5.41, 5.74) is 5.74. The smallest absolute Gasteiger partial charge is 0.0818 e. The summed E-state index contributed by atoms with van der Waals surface area (Å²) in [6, 6.07) is 18.5. The van der Waals surface area contributed by atoms with Crippen molar-refractivity contribution in [2.75, 3.05) is 7.11 Å². The summed E-state index contributed by atoms with van der Waals surface area (Å²) in [5.74, 6) is 1.91. The van der Waals surface area contributed by atoms with E-state index in [1.165, 1.54) is 86.5 Å². The molecule has 0 amide bonds. The summed E-state index contributed by atoms with van der Waals surface area (Å²) < 4.78 is 5.57. The maximum atomic E-state index is 5.57. The standard InChI is InChI=1S/C33H48O/c1-4-6-7-10-27-13-15-28(16-14-27)11-8-9-12-29-17-19-30(20-18-29)21-22-31-23-25-32(26-24-31)33(5-2)34-3/h6-7,13-16,23-26,29-30,33H,4-5,8-12,17-22H2,1-3H3/b7-6+. The Morgan fingerprint density at radius 3 is 1.94 bits per heavy atom. The van der Waals surface area contributed by atoms with E-state index < -0.39 is 0 Å². The third-order valence-electron chi connectivity index (χ3n) is 7.92. The number of aryl methyl sites for hydroxylation is 2. The predicted molar refractivity (Wildman–Crippen MR) is 147 cm³/mol. The average Bonchev–Trinajstić information content (AvgIpc) is 2.88. The van der Waals surface area contributed by atoms with Gasteiger partial charge in [-0.05, 0) is 79.0 Å². The Labute approximate surface area is 210 Å². The Morgan fingerprint density at radius 2 is 1.32 bits per heavy atom. The van der Waals surface area contributed by atoms with Gasteiger partial charge in [0.1, 0.15) is 0 Å². The van der Waals surface area contributed by atoms with Crippen LogP contribution in [0, 0.1) is 11.8 Å². The highest BCUT2D eigenvalue weighted by Gasteiger charge is 2.20. The first-order valence-electron chi connectivity index (χ1n) is 14.1. The molecule has 1 fully saturated rings. The number of methoxy groups -OCH3 is 1. The Kier molecular flexibility index (Phi) is 12.0. The Bertz CT molecular complexity index is 805. The van der Waals surface area contributed by atoms with E-state index in [0.29, 0.717) is 0 Å². The highest BCUT2D eigenvalue weighted by molar-refractivity contribution is 5.25. The third kappa shape index (κ3) is 9.06. The topological polar surface area (TPSA) is 9.23 Å². The number of unbranched alkanes of at least 4 members (excludes halogenated alkanes) is 1. The van der Waals surface area contributed by atoms with Crippen molar-refractivity contribution in [1.82, 2.24) is 0 Å². The molecule has 34 heavy (non-hydrogen) atoms. The van der Waals surface area contributed by atoms with Crippen LogP contribution in [0.3, 0.4) is 0 Å². The fourth-order valence-electron chi connectivity index (χ4n) is 5.61. The lowest BCUT2D eigenvalue weighted by Gasteiger charge is -2.28. The van der Waals surface area contributed by atoms with Gasteiger partial charge in [0.15, 0.2) is 0 Å². The minimum Gasteiger partial charge on any atom is -0.377 e. The first kappa shape index (κ1) is 26.7. The molecule has 0 bridgehead atoms. The van der Waals surface area contributed by atoms with Gasteiger partial charge in [0.25, 0.3) is 0 Å². The molecule has 1 aliphatic carbocycles. The number of hydrogen-bond donors (Lipinski definition) is 0. The van der Waals surface area contributed by atoms with Crippen molar-refractivity contribution in [3.05, 3.63) is 82.9 Å². The summed E-state index contributed by atoms with van der Waals surface area (Å²) in [6.45, 7) is 4.38. The van der Waals surface area contributed by atoms with Crippen LogP contribution in [0.1, 0.15) is 106 Å². The molecule has 1 heteroatoms. The Hall–Kier alpha value is -1.86. The number of ether oxygens (including phenoxy) is 1. The van der Waals surface area contributed by atoms with Crippen LogP contribution >= 0.6 is 0 Å². The normalized spacial score (nSPS) is 19.5. The largest absolute Gasteiger partial charge is 0.377 e. The van der Waals surface area contributed by atoms with Crippen LogP contribution < -0.4 is 0 Å². The quantitative estimate of drug-likeness (QED) is 0.201. The minimum absolute atomic E-state index is 0.239. The van der Waals surface area contributed by atoms with Crippen LogP contribution in [0.4, 0.5) is 0 Å². The zero-order chi connectivity index (χ0) is 24.0. The second-order valence-electron chi connectivity index (χ2n) is 10.4. The van der Waals surface area contributed by atoms with Crippen molar-refractivity contribution in [1.29, 1.82) is 0 Å². The van der Waals surface area contributed by atoms with E-state index in [4.69, 9.17) is 4.74 Å². The lowest BCUT2D eigenvalue weighted by molar-refractivity contribution is 0.100. The zero-order valence-electron chi connectivity index (χ0n) is 22.1. The van der Waals surface area contributed by atoms with E-state index in [1.807, 2.05) is 7.11 Å². The molecule has 0 N–H and O–H groups in total. The molecular weight excluding hydrogens is 412 g/mol. The summed E-state index contributed by atoms with van der Waals surface area (Å²) >= 11 is 0. The van der Waals surface area contributed by atoms with E-state index in [9.17, 15) is 0 Å². The van der Waals surface area contributed by atoms with Crippen LogP contribution in [0.15, 0.2) is 60.7 Å². The predicted octanol–water partition coefficient (Wildman–Crippen LogP) is 9.44. The molecule has 0 radical (unpaired) electrons. The van der Waals surface area contributed by atoms with Crippen LogP contribution in [-0.4, -0.2) is 7.11 Å². The van der Waals surface area contributed by atoms with Gasteiger partial charge in [0, 0.05) is 7.11 Å². The molecular formula is C33H48O. The molecule has 2 aromatic carbocycles. The molecule has 3 rings (SSSR count). The van der Waals surface area contributed by atoms with Gasteiger partial charge in [-0.3, -0.25) is 0 Å². The molecule has 1 saturated carbocycles. The van der Waals surface area contributed by atoms with Gasteiger partial charge in [-0.25, -0.2) is 0 Å². The molecule has 0 spiro atoms. The van der Waals surface area contributed by atoms with Crippen molar-refractivity contribution in [3.63, 3.8) is 0 Å². The SMILES string of the molecule is CC/C=C/Cc1ccc(CCCCC2CCC(CCc3ccc(C(CC)OC)cc3)CC2)cc1. The first-order valence-corrected chi connectivity index (χ1v) is 14.1. The van der Waals surface area contributed by atoms with Crippen molar-refractivity contribution < 1.29 is 4.74 Å². The summed E-state index contributed by atoms with van der Waals surface area (Å²) in [4.78, 5) is 0. The van der Waals surface area contributed by atoms with E-state index in [-0.39, 0.29) is 6.10 Å². The Morgan fingerprint density at radius 1 is 0.735 bits per heavy atom. The molecule has 0 aliphatic heterocycles. The number of benzene rings is 2. The summed E-state index contributed by atoms with van der Waals surface area (Å²) in [5, 5.41) is 0. The lowest BCUT2D eigenvalue weighted by Crippen LogP contribution is -2.15. The van der Waals surface area contributed by atoms with E-state index in [1.54, 1.807) is 0 Å². The number of hydrogen-bond acceptors (Lipinski definition) is 1. The molecule has 2 aromatic rings. The van der Waals surface area contributed by atoms with Gasteiger partial charge in [-0.1, -0.05) is 113 Å². The molecule has 1 unspecified atom stereocenters. The highest BCUT2D eigenvalue weighted by atomic mass is 16.5. The van der Waals surface area contributed by atoms with Crippen LogP contribution in [0.5, 0.6) is 0 Å². The number of allylic oxidation sites excluding steroid dienone is 2. The molecule has 1 atom stereocenters. The second kappa shape index (κ2) is 15.2. The molecule has 0 saturated heterocycles. The minimum atomic E-state index is 0.239. The van der Waals surface area contributed by atoms with Crippen molar-refractivity contribution >= 4 is 0 Å². The van der Waals surface area contributed by atoms with E-state index >= 15 is 0 Å². The first-order chi connectivity index (χ1) is 16.7. The van der Waals surface area contributed by atoms with Crippen molar-refractivity contribution in [3.8, 4) is 0 Å². The van der Waals surface area contributed by atoms with Gasteiger partial charge >= 0.3 is 0 Å². The van der Waals surface area contributed by atoms with Crippen molar-refractivity contribution in [2.24, 2.45) is 11.8 Å². The molecule has 1 nitrogen and oxygen atoms in total.